The molecule has 1 unspecified atom stereocenters. The second-order valence-electron chi connectivity index (χ2n) is 11.7. The molecule has 5 heterocycles. The number of carboxylic acids is 1. The molecule has 254 valence electrons. The standard InChI is InChI=1S/C35H28ClF2N7O5/c1-44-16-22(15-40-44)41-34(46)30-13-25(36)21(14-39-30)18-50-33-4-2-3-28(43-33)24-12-26(37)20(9-27(24)38)11-32-42-29-6-5-19(35(47)48)10-31(29)45(32)17-23-7-8-49-23/h2-6,9-10,12-16,23H,7-8,11,17-18H2,1H3,(H,41,46)(H,47,48). The number of amides is 1. The number of aryl methyl sites for hydroxylation is 1. The van der Waals surface area contributed by atoms with Crippen LogP contribution in [0.5, 0.6) is 5.88 Å². The van der Waals surface area contributed by atoms with Gasteiger partial charge in [-0.05, 0) is 54.4 Å². The van der Waals surface area contributed by atoms with Gasteiger partial charge in [-0.2, -0.15) is 5.10 Å². The van der Waals surface area contributed by atoms with Gasteiger partial charge in [0.15, 0.2) is 0 Å². The Morgan fingerprint density at radius 2 is 1.92 bits per heavy atom. The van der Waals surface area contributed by atoms with Gasteiger partial charge in [0.2, 0.25) is 5.88 Å². The lowest BCUT2D eigenvalue weighted by atomic mass is 10.0. The van der Waals surface area contributed by atoms with Gasteiger partial charge in [0.25, 0.3) is 5.91 Å². The van der Waals surface area contributed by atoms with E-state index >= 15 is 8.78 Å². The van der Waals surface area contributed by atoms with Crippen LogP contribution < -0.4 is 10.1 Å². The zero-order chi connectivity index (χ0) is 34.9. The highest BCUT2D eigenvalue weighted by Crippen LogP contribution is 2.29. The largest absolute Gasteiger partial charge is 0.478 e. The summed E-state index contributed by atoms with van der Waals surface area (Å²) in [5, 5.41) is 16.4. The maximum Gasteiger partial charge on any atom is 0.335 e. The third-order valence-corrected chi connectivity index (χ3v) is 8.59. The van der Waals surface area contributed by atoms with Crippen LogP contribution in [-0.2, 0) is 31.4 Å². The first kappa shape index (κ1) is 32.8. The average Bonchev–Trinajstić information content (AvgIpc) is 3.64. The predicted molar refractivity (Wildman–Crippen MR) is 178 cm³/mol. The molecule has 0 bridgehead atoms. The number of hydrogen-bond acceptors (Lipinski definition) is 8. The summed E-state index contributed by atoms with van der Waals surface area (Å²) in [6, 6.07) is 12.9. The minimum absolute atomic E-state index is 0.0396. The van der Waals surface area contributed by atoms with Gasteiger partial charge in [-0.1, -0.05) is 17.7 Å². The molecule has 4 aromatic heterocycles. The number of ether oxygens (including phenoxy) is 2. The predicted octanol–water partition coefficient (Wildman–Crippen LogP) is 6.07. The first-order valence-corrected chi connectivity index (χ1v) is 15.9. The lowest BCUT2D eigenvalue weighted by molar-refractivity contribution is -0.0589. The minimum atomic E-state index is -1.08. The van der Waals surface area contributed by atoms with Crippen LogP contribution in [0, 0.1) is 11.6 Å². The summed E-state index contributed by atoms with van der Waals surface area (Å²) in [5.41, 5.74) is 2.45. The SMILES string of the molecule is Cn1cc(NC(=O)c2cc(Cl)c(COc3cccc(-c4cc(F)c(Cc5nc6ccc(C(=O)O)cc6n5CC5CCO5)cc4F)n3)cn2)cn1. The van der Waals surface area contributed by atoms with Crippen molar-refractivity contribution in [3.8, 4) is 17.1 Å². The van der Waals surface area contributed by atoms with Crippen LogP contribution in [0.4, 0.5) is 14.5 Å². The molecule has 50 heavy (non-hydrogen) atoms. The van der Waals surface area contributed by atoms with Crippen molar-refractivity contribution in [3.63, 3.8) is 0 Å². The number of carbonyl (C=O) groups excluding carboxylic acids is 1. The lowest BCUT2D eigenvalue weighted by Crippen LogP contribution is -2.31. The molecule has 1 saturated heterocycles. The van der Waals surface area contributed by atoms with Gasteiger partial charge in [-0.15, -0.1) is 0 Å². The number of fused-ring (bicyclic) bond motifs is 1. The van der Waals surface area contributed by atoms with Crippen LogP contribution in [0.3, 0.4) is 0 Å². The zero-order valence-corrected chi connectivity index (χ0v) is 27.2. The quantitative estimate of drug-likeness (QED) is 0.165. The molecule has 1 amide bonds. The molecule has 0 aliphatic carbocycles. The maximum absolute atomic E-state index is 15.6. The molecule has 2 N–H and O–H groups in total. The van der Waals surface area contributed by atoms with Crippen molar-refractivity contribution in [2.24, 2.45) is 7.05 Å². The van der Waals surface area contributed by atoms with Crippen molar-refractivity contribution >= 4 is 40.2 Å². The van der Waals surface area contributed by atoms with Crippen molar-refractivity contribution in [2.75, 3.05) is 11.9 Å². The molecule has 12 nitrogen and oxygen atoms in total. The van der Waals surface area contributed by atoms with Crippen molar-refractivity contribution < 1.29 is 33.0 Å². The van der Waals surface area contributed by atoms with Crippen molar-refractivity contribution in [2.45, 2.75) is 32.1 Å². The van der Waals surface area contributed by atoms with Gasteiger partial charge < -0.3 is 24.5 Å². The first-order valence-electron chi connectivity index (χ1n) is 15.5. The van der Waals surface area contributed by atoms with E-state index in [0.717, 1.165) is 18.6 Å². The van der Waals surface area contributed by atoms with E-state index in [1.165, 1.54) is 36.7 Å². The van der Waals surface area contributed by atoms with E-state index in [2.05, 4.69) is 25.4 Å². The summed E-state index contributed by atoms with van der Waals surface area (Å²) >= 11 is 6.41. The van der Waals surface area contributed by atoms with Gasteiger partial charge in [0, 0.05) is 49.7 Å². The normalized spacial score (nSPS) is 14.0. The number of carboxylic acid groups (broad SMARTS) is 1. The third-order valence-electron chi connectivity index (χ3n) is 8.24. The number of anilines is 1. The fraction of sp³-hybridized carbons (Fsp3) is 0.200. The number of pyridine rings is 2. The Morgan fingerprint density at radius 1 is 1.08 bits per heavy atom. The summed E-state index contributed by atoms with van der Waals surface area (Å²) in [7, 11) is 1.73. The molecule has 1 aliphatic rings. The second kappa shape index (κ2) is 13.6. The molecular formula is C35H28ClF2N7O5. The smallest absolute Gasteiger partial charge is 0.335 e. The van der Waals surface area contributed by atoms with E-state index in [-0.39, 0.29) is 58.1 Å². The first-order chi connectivity index (χ1) is 24.1. The molecule has 1 atom stereocenters. The van der Waals surface area contributed by atoms with E-state index in [1.54, 1.807) is 36.1 Å². The van der Waals surface area contributed by atoms with E-state index in [1.807, 2.05) is 4.57 Å². The number of nitrogens with one attached hydrogen (secondary N) is 1. The summed E-state index contributed by atoms with van der Waals surface area (Å²) in [6.45, 7) is 0.977. The van der Waals surface area contributed by atoms with Crippen molar-refractivity contribution in [3.05, 3.63) is 118 Å². The van der Waals surface area contributed by atoms with Crippen LogP contribution in [0.2, 0.25) is 5.02 Å². The number of nitrogens with zero attached hydrogens (tertiary/aromatic N) is 6. The van der Waals surface area contributed by atoms with Gasteiger partial charge in [0.1, 0.15) is 29.8 Å². The Morgan fingerprint density at radius 3 is 2.64 bits per heavy atom. The van der Waals surface area contributed by atoms with E-state index in [4.69, 9.17) is 21.1 Å². The number of hydrogen-bond donors (Lipinski definition) is 2. The monoisotopic (exact) mass is 699 g/mol. The lowest BCUT2D eigenvalue weighted by Gasteiger charge is -2.27. The van der Waals surface area contributed by atoms with Crippen molar-refractivity contribution in [1.29, 1.82) is 0 Å². The summed E-state index contributed by atoms with van der Waals surface area (Å²) in [4.78, 5) is 37.3. The van der Waals surface area contributed by atoms with Gasteiger partial charge in [-0.25, -0.2) is 23.5 Å². The molecule has 2 aromatic carbocycles. The number of halogens is 3. The Hall–Kier alpha value is -5.73. The Balaban J connectivity index is 1.07. The molecule has 6 aromatic rings. The van der Waals surface area contributed by atoms with E-state index in [9.17, 15) is 14.7 Å². The summed E-state index contributed by atoms with van der Waals surface area (Å²) in [5.74, 6) is -2.31. The highest BCUT2D eigenvalue weighted by molar-refractivity contribution is 6.31. The second-order valence-corrected chi connectivity index (χ2v) is 12.1. The maximum atomic E-state index is 15.6. The number of aromatic carboxylic acids is 1. The molecule has 0 spiro atoms. The van der Waals surface area contributed by atoms with Gasteiger partial charge >= 0.3 is 5.97 Å². The zero-order valence-electron chi connectivity index (χ0n) is 26.4. The van der Waals surface area contributed by atoms with Crippen LogP contribution in [-0.4, -0.2) is 59.0 Å². The molecular weight excluding hydrogens is 672 g/mol. The van der Waals surface area contributed by atoms with Crippen LogP contribution in [0.25, 0.3) is 22.3 Å². The molecule has 0 saturated carbocycles. The third kappa shape index (κ3) is 6.88. The van der Waals surface area contributed by atoms with Gasteiger partial charge in [-0.3, -0.25) is 14.5 Å². The Labute approximate surface area is 288 Å². The number of benzene rings is 2. The van der Waals surface area contributed by atoms with Gasteiger partial charge in [0.05, 0.1) is 51.8 Å². The van der Waals surface area contributed by atoms with Crippen LogP contribution in [0.1, 0.15) is 44.2 Å². The highest BCUT2D eigenvalue weighted by Gasteiger charge is 2.24. The fourth-order valence-electron chi connectivity index (χ4n) is 5.53. The highest BCUT2D eigenvalue weighted by atomic mass is 35.5. The molecule has 1 fully saturated rings. The average molecular weight is 700 g/mol. The Kier molecular flexibility index (Phi) is 8.95. The number of aromatic nitrogens is 6. The molecule has 0 radical (unpaired) electrons. The molecule has 1 aliphatic heterocycles. The van der Waals surface area contributed by atoms with Crippen LogP contribution >= 0.6 is 11.6 Å². The topological polar surface area (TPSA) is 146 Å². The summed E-state index contributed by atoms with van der Waals surface area (Å²) in [6.07, 6.45) is 5.26. The van der Waals surface area contributed by atoms with Crippen molar-refractivity contribution in [1.82, 2.24) is 29.3 Å². The minimum Gasteiger partial charge on any atom is -0.478 e. The van der Waals surface area contributed by atoms with Crippen LogP contribution in [0.15, 0.2) is 73.2 Å². The van der Waals surface area contributed by atoms with E-state index in [0.29, 0.717) is 41.3 Å². The van der Waals surface area contributed by atoms with E-state index < -0.39 is 23.5 Å². The molecule has 7 rings (SSSR count). The fourth-order valence-corrected chi connectivity index (χ4v) is 5.74. The number of rotatable bonds is 11. The number of carbonyl (C=O) groups is 2. The molecule has 15 heteroatoms. The summed E-state index contributed by atoms with van der Waals surface area (Å²) < 4.78 is 45.9. The Bertz CT molecular complexity index is 2270. The number of imidazole rings is 1.